The van der Waals surface area contributed by atoms with Crippen LogP contribution in [-0.2, 0) is 12.8 Å². The molecule has 2 aliphatic rings. The van der Waals surface area contributed by atoms with E-state index in [1.165, 1.54) is 53.5 Å². The topological polar surface area (TPSA) is 0 Å². The van der Waals surface area contributed by atoms with Gasteiger partial charge in [0.1, 0.15) is 0 Å². The van der Waals surface area contributed by atoms with Gasteiger partial charge in [0.15, 0.2) is 0 Å². The van der Waals surface area contributed by atoms with Gasteiger partial charge in [-0.1, -0.05) is 0 Å². The molecule has 4 aromatic rings. The average molecular weight is 435 g/mol. The Balaban J connectivity index is 1.81. The predicted molar refractivity (Wildman–Crippen MR) is 123 cm³/mol. The molecule has 0 fully saturated rings. The summed E-state index contributed by atoms with van der Waals surface area (Å²) < 4.78 is 2.97. The van der Waals surface area contributed by atoms with E-state index in [1.54, 1.807) is 0 Å². The van der Waals surface area contributed by atoms with Crippen molar-refractivity contribution in [2.24, 2.45) is 0 Å². The van der Waals surface area contributed by atoms with Crippen molar-refractivity contribution in [2.75, 3.05) is 0 Å². The molecule has 0 unspecified atom stereocenters. The zero-order valence-electron chi connectivity index (χ0n) is 16.1. The minimum absolute atomic E-state index is 0.348. The third kappa shape index (κ3) is 2.74. The van der Waals surface area contributed by atoms with Gasteiger partial charge in [0.25, 0.3) is 0 Å². The number of aryl methyl sites for hydroxylation is 2. The Labute approximate surface area is 178 Å². The van der Waals surface area contributed by atoms with Gasteiger partial charge in [-0.3, -0.25) is 0 Å². The molecule has 1 heteroatoms. The molecule has 0 saturated heterocycles. The quantitative estimate of drug-likeness (QED) is 0.308. The molecule has 0 aromatic heterocycles. The van der Waals surface area contributed by atoms with Gasteiger partial charge in [-0.15, -0.1) is 0 Å². The monoisotopic (exact) mass is 436 g/mol. The number of benzene rings is 4. The maximum atomic E-state index is 2.32. The molecule has 6 rings (SSSR count). The molecule has 1 aliphatic heterocycles. The Morgan fingerprint density at radius 2 is 0.793 bits per heavy atom. The molecule has 0 radical (unpaired) electrons. The molecule has 1 heterocycles. The Bertz CT molecular complexity index is 1180. The molecule has 0 spiro atoms. The van der Waals surface area contributed by atoms with E-state index in [1.807, 2.05) is 0 Å². The molecular weight excluding hydrogens is 415 g/mol. The van der Waals surface area contributed by atoms with Gasteiger partial charge >= 0.3 is 178 Å². The molecule has 0 amide bonds. The Morgan fingerprint density at radius 1 is 0.414 bits per heavy atom. The van der Waals surface area contributed by atoms with Crippen molar-refractivity contribution < 1.29 is 0 Å². The van der Waals surface area contributed by atoms with Crippen LogP contribution in [-0.4, -0.2) is 15.0 Å². The van der Waals surface area contributed by atoms with E-state index in [0.717, 1.165) is 12.8 Å². The number of hydrogen-bond acceptors (Lipinski definition) is 0. The van der Waals surface area contributed by atoms with E-state index in [2.05, 4.69) is 97.1 Å². The van der Waals surface area contributed by atoms with Gasteiger partial charge in [0.05, 0.1) is 0 Å². The van der Waals surface area contributed by atoms with E-state index in [9.17, 15) is 0 Å². The molecule has 1 aliphatic carbocycles. The van der Waals surface area contributed by atoms with Crippen LogP contribution in [0.1, 0.15) is 33.4 Å². The SMILES string of the molecule is c1ccc2c(c1)CCc1ccccc1C2=C1c2ccccc2[Se]c2ccccc21. The molecule has 29 heavy (non-hydrogen) atoms. The van der Waals surface area contributed by atoms with E-state index in [4.69, 9.17) is 0 Å². The summed E-state index contributed by atoms with van der Waals surface area (Å²) in [6.45, 7) is 0. The van der Waals surface area contributed by atoms with E-state index < -0.39 is 0 Å². The summed E-state index contributed by atoms with van der Waals surface area (Å²) in [5.41, 5.74) is 11.3. The third-order valence-electron chi connectivity index (χ3n) is 6.02. The van der Waals surface area contributed by atoms with Crippen LogP contribution < -0.4 is 8.92 Å². The summed E-state index contributed by atoms with van der Waals surface area (Å²) in [5.74, 6) is 0. The summed E-state index contributed by atoms with van der Waals surface area (Å²) in [4.78, 5) is 0. The zero-order chi connectivity index (χ0) is 19.2. The summed E-state index contributed by atoms with van der Waals surface area (Å²) in [6, 6.07) is 36.1. The normalized spacial score (nSPS) is 14.3. The van der Waals surface area contributed by atoms with E-state index in [0.29, 0.717) is 15.0 Å². The zero-order valence-corrected chi connectivity index (χ0v) is 17.8. The van der Waals surface area contributed by atoms with Crippen LogP contribution in [0.25, 0.3) is 11.1 Å². The fraction of sp³-hybridized carbons (Fsp3) is 0.0714. The van der Waals surface area contributed by atoms with Crippen LogP contribution in [0, 0.1) is 0 Å². The molecule has 4 aromatic carbocycles. The third-order valence-corrected chi connectivity index (χ3v) is 8.44. The molecular formula is C28H20Se. The molecule has 0 saturated carbocycles. The summed E-state index contributed by atoms with van der Waals surface area (Å²) in [7, 11) is 0. The van der Waals surface area contributed by atoms with Crippen molar-refractivity contribution in [1.29, 1.82) is 0 Å². The van der Waals surface area contributed by atoms with Crippen molar-refractivity contribution >= 4 is 35.0 Å². The molecule has 138 valence electrons. The summed E-state index contributed by atoms with van der Waals surface area (Å²) in [5, 5.41) is 0. The predicted octanol–water partition coefficient (Wildman–Crippen LogP) is 4.76. The Kier molecular flexibility index (Phi) is 4.04. The van der Waals surface area contributed by atoms with Crippen molar-refractivity contribution in [1.82, 2.24) is 0 Å². The van der Waals surface area contributed by atoms with Gasteiger partial charge in [-0.05, 0) is 0 Å². The second-order valence-electron chi connectivity index (χ2n) is 7.66. The Morgan fingerprint density at radius 3 is 1.31 bits per heavy atom. The van der Waals surface area contributed by atoms with Crippen LogP contribution >= 0.6 is 0 Å². The van der Waals surface area contributed by atoms with Crippen LogP contribution in [0.5, 0.6) is 0 Å². The molecule has 0 atom stereocenters. The molecule has 0 nitrogen and oxygen atoms in total. The van der Waals surface area contributed by atoms with Crippen molar-refractivity contribution in [3.8, 4) is 0 Å². The first kappa shape index (κ1) is 17.0. The van der Waals surface area contributed by atoms with Crippen molar-refractivity contribution in [2.45, 2.75) is 12.8 Å². The fourth-order valence-electron chi connectivity index (χ4n) is 4.71. The van der Waals surface area contributed by atoms with Crippen molar-refractivity contribution in [3.63, 3.8) is 0 Å². The first-order chi connectivity index (χ1) is 14.4. The van der Waals surface area contributed by atoms with Gasteiger partial charge in [0, 0.05) is 0 Å². The second-order valence-corrected chi connectivity index (χ2v) is 9.93. The minimum atomic E-state index is 0.348. The van der Waals surface area contributed by atoms with Gasteiger partial charge in [-0.25, -0.2) is 0 Å². The number of rotatable bonds is 0. The first-order valence-corrected chi connectivity index (χ1v) is 11.9. The summed E-state index contributed by atoms with van der Waals surface area (Å²) >= 11 is 0.348. The van der Waals surface area contributed by atoms with Crippen LogP contribution in [0.3, 0.4) is 0 Å². The number of fused-ring (bicyclic) bond motifs is 4. The van der Waals surface area contributed by atoms with Gasteiger partial charge in [0.2, 0.25) is 0 Å². The summed E-state index contributed by atoms with van der Waals surface area (Å²) in [6.07, 6.45) is 2.19. The standard InChI is InChI=1S/C28H20Se/c1-3-11-21-19(9-1)17-18-20-10-2-4-12-22(20)27(21)28-23-13-5-7-15-25(23)29-26-16-8-6-14-24(26)28/h1-16H,17-18H2. The molecule has 0 bridgehead atoms. The second kappa shape index (κ2) is 6.88. The number of hydrogen-bond donors (Lipinski definition) is 0. The van der Waals surface area contributed by atoms with Crippen LogP contribution in [0.4, 0.5) is 0 Å². The van der Waals surface area contributed by atoms with Crippen LogP contribution in [0.15, 0.2) is 97.1 Å². The fourth-order valence-corrected chi connectivity index (χ4v) is 6.99. The van der Waals surface area contributed by atoms with Gasteiger partial charge < -0.3 is 0 Å². The molecule has 0 N–H and O–H groups in total. The Hall–Kier alpha value is -2.86. The van der Waals surface area contributed by atoms with Crippen LogP contribution in [0.2, 0.25) is 0 Å². The van der Waals surface area contributed by atoms with E-state index in [-0.39, 0.29) is 0 Å². The average Bonchev–Trinajstić information content (AvgIpc) is 2.94. The van der Waals surface area contributed by atoms with Gasteiger partial charge in [-0.2, -0.15) is 0 Å². The first-order valence-electron chi connectivity index (χ1n) is 10.2. The maximum absolute atomic E-state index is 2.32. The van der Waals surface area contributed by atoms with E-state index >= 15 is 0 Å². The van der Waals surface area contributed by atoms with Crippen molar-refractivity contribution in [3.05, 3.63) is 130 Å².